The summed E-state index contributed by atoms with van der Waals surface area (Å²) in [5.74, 6) is -1.25. The third kappa shape index (κ3) is 6.02. The Kier molecular flexibility index (Phi) is 4.79. The molecule has 0 saturated carbocycles. The number of cyclic esters (lactones) is 1. The molecule has 0 bridgehead atoms. The Morgan fingerprint density at radius 1 is 1.04 bits per heavy atom. The van der Waals surface area contributed by atoms with E-state index in [-0.39, 0.29) is 18.8 Å². The predicted molar refractivity (Wildman–Crippen MR) is 73.6 cm³/mol. The van der Waals surface area contributed by atoms with Gasteiger partial charge in [-0.1, -0.05) is 0 Å². The van der Waals surface area contributed by atoms with Gasteiger partial charge in [0.1, 0.15) is 17.6 Å². The van der Waals surface area contributed by atoms with Gasteiger partial charge in [-0.15, -0.1) is 0 Å². The SMILES string of the molecule is O=C1CC[C@H](Cc2cc(OS(=O)(=O)O)cc(OS(=O)(=O)O)c2)O1. The minimum atomic E-state index is -4.84. The van der Waals surface area contributed by atoms with Crippen molar-refractivity contribution in [3.63, 3.8) is 0 Å². The highest BCUT2D eigenvalue weighted by Gasteiger charge is 2.24. The van der Waals surface area contributed by atoms with Crippen molar-refractivity contribution in [3.05, 3.63) is 23.8 Å². The summed E-state index contributed by atoms with van der Waals surface area (Å²) >= 11 is 0. The van der Waals surface area contributed by atoms with Gasteiger partial charge in [0.25, 0.3) is 0 Å². The molecule has 0 spiro atoms. The largest absolute Gasteiger partial charge is 0.462 e. The van der Waals surface area contributed by atoms with Gasteiger partial charge < -0.3 is 13.1 Å². The zero-order chi connectivity index (χ0) is 17.3. The molecule has 1 atom stereocenters. The van der Waals surface area contributed by atoms with E-state index < -0.39 is 38.4 Å². The van der Waals surface area contributed by atoms with Crippen LogP contribution >= 0.6 is 0 Å². The van der Waals surface area contributed by atoms with Crippen LogP contribution in [0.2, 0.25) is 0 Å². The average molecular weight is 368 g/mol. The molecule has 0 amide bonds. The molecule has 0 radical (unpaired) electrons. The number of benzene rings is 1. The molecule has 0 aromatic heterocycles. The van der Waals surface area contributed by atoms with E-state index in [0.717, 1.165) is 6.07 Å². The summed E-state index contributed by atoms with van der Waals surface area (Å²) in [4.78, 5) is 11.1. The van der Waals surface area contributed by atoms with Gasteiger partial charge in [-0.3, -0.25) is 13.9 Å². The van der Waals surface area contributed by atoms with Crippen LogP contribution in [0.3, 0.4) is 0 Å². The summed E-state index contributed by atoms with van der Waals surface area (Å²) in [7, 11) is -9.69. The van der Waals surface area contributed by atoms with E-state index in [4.69, 9.17) is 13.8 Å². The molecule has 1 aromatic rings. The Morgan fingerprint density at radius 2 is 1.57 bits per heavy atom. The molecule has 0 unspecified atom stereocenters. The lowest BCUT2D eigenvalue weighted by atomic mass is 10.1. The predicted octanol–water partition coefficient (Wildman–Crippen LogP) is 0.298. The van der Waals surface area contributed by atoms with Gasteiger partial charge in [-0.05, 0) is 24.1 Å². The van der Waals surface area contributed by atoms with Crippen LogP contribution in [0.25, 0.3) is 0 Å². The van der Waals surface area contributed by atoms with Crippen LogP contribution in [0.1, 0.15) is 18.4 Å². The first kappa shape index (κ1) is 17.5. The van der Waals surface area contributed by atoms with E-state index in [1.54, 1.807) is 0 Å². The van der Waals surface area contributed by atoms with Gasteiger partial charge in [-0.25, -0.2) is 0 Å². The summed E-state index contributed by atoms with van der Waals surface area (Å²) in [5.41, 5.74) is 0.310. The second kappa shape index (κ2) is 6.31. The molecule has 12 heteroatoms. The van der Waals surface area contributed by atoms with Crippen molar-refractivity contribution in [3.8, 4) is 11.5 Å². The zero-order valence-electron chi connectivity index (χ0n) is 11.4. The highest BCUT2D eigenvalue weighted by molar-refractivity contribution is 7.81. The van der Waals surface area contributed by atoms with Crippen molar-refractivity contribution in [2.75, 3.05) is 0 Å². The summed E-state index contributed by atoms with van der Waals surface area (Å²) in [6.07, 6.45) is 0.342. The van der Waals surface area contributed by atoms with Crippen LogP contribution in [0.5, 0.6) is 11.5 Å². The first-order chi connectivity index (χ1) is 10.5. The lowest BCUT2D eigenvalue weighted by Crippen LogP contribution is -2.12. The van der Waals surface area contributed by atoms with Gasteiger partial charge in [0.2, 0.25) is 0 Å². The number of hydrogen-bond acceptors (Lipinski definition) is 8. The Bertz CT molecular complexity index is 759. The molecule has 1 aliphatic heterocycles. The van der Waals surface area contributed by atoms with Crippen molar-refractivity contribution in [2.24, 2.45) is 0 Å². The molecular formula is C11H12O10S2. The second-order valence-electron chi connectivity index (χ2n) is 4.69. The van der Waals surface area contributed by atoms with Gasteiger partial charge in [0, 0.05) is 18.9 Å². The standard InChI is InChI=1S/C11H12O10S2/c12-11-2-1-8(19-11)3-7-4-9(20-22(13,14)15)6-10(5-7)21-23(16,17)18/h4-6,8H,1-3H2,(H,13,14,15)(H,16,17,18)/t8-/m1/s1. The van der Waals surface area contributed by atoms with Crippen LogP contribution in [0, 0.1) is 0 Å². The van der Waals surface area contributed by atoms with E-state index in [2.05, 4.69) is 8.37 Å². The van der Waals surface area contributed by atoms with Crippen LogP contribution in [0.15, 0.2) is 18.2 Å². The van der Waals surface area contributed by atoms with Crippen LogP contribution in [-0.4, -0.2) is 38.0 Å². The van der Waals surface area contributed by atoms with Crippen molar-refractivity contribution < 1.29 is 43.8 Å². The maximum Gasteiger partial charge on any atom is 0.446 e. The molecule has 0 aliphatic carbocycles. The van der Waals surface area contributed by atoms with Gasteiger partial charge >= 0.3 is 26.8 Å². The summed E-state index contributed by atoms with van der Waals surface area (Å²) in [6, 6.07) is 3.22. The van der Waals surface area contributed by atoms with Crippen molar-refractivity contribution in [1.82, 2.24) is 0 Å². The Hall–Kier alpha value is -1.89. The maximum atomic E-state index is 11.1. The number of esters is 1. The third-order valence-electron chi connectivity index (χ3n) is 2.77. The Labute approximate surface area is 131 Å². The molecule has 1 aliphatic rings. The lowest BCUT2D eigenvalue weighted by Gasteiger charge is -2.12. The maximum absolute atomic E-state index is 11.1. The minimum absolute atomic E-state index is 0.135. The summed E-state index contributed by atoms with van der Waals surface area (Å²) < 4.78 is 73.8. The van der Waals surface area contributed by atoms with Gasteiger partial charge in [0.05, 0.1) is 0 Å². The first-order valence-corrected chi connectivity index (χ1v) is 8.90. The average Bonchev–Trinajstić information content (AvgIpc) is 2.69. The number of carbonyl (C=O) groups excluding carboxylic acids is 1. The van der Waals surface area contributed by atoms with E-state index in [1.807, 2.05) is 0 Å². The quantitative estimate of drug-likeness (QED) is 0.529. The topological polar surface area (TPSA) is 153 Å². The van der Waals surface area contributed by atoms with E-state index in [9.17, 15) is 21.6 Å². The fourth-order valence-electron chi connectivity index (χ4n) is 2.08. The number of rotatable bonds is 6. The number of hydrogen-bond donors (Lipinski definition) is 2. The zero-order valence-corrected chi connectivity index (χ0v) is 13.0. The molecule has 1 saturated heterocycles. The summed E-state index contributed by atoms with van der Waals surface area (Å²) in [6.45, 7) is 0. The molecule has 1 fully saturated rings. The highest BCUT2D eigenvalue weighted by atomic mass is 32.3. The monoisotopic (exact) mass is 368 g/mol. The fourth-order valence-corrected chi connectivity index (χ4v) is 2.76. The second-order valence-corrected chi connectivity index (χ2v) is 6.73. The highest BCUT2D eigenvalue weighted by Crippen LogP contribution is 2.27. The van der Waals surface area contributed by atoms with Crippen LogP contribution < -0.4 is 8.37 Å². The molecule has 23 heavy (non-hydrogen) atoms. The molecule has 1 heterocycles. The molecule has 2 rings (SSSR count). The van der Waals surface area contributed by atoms with E-state index in [0.29, 0.717) is 12.0 Å². The van der Waals surface area contributed by atoms with Crippen molar-refractivity contribution in [1.29, 1.82) is 0 Å². The Morgan fingerprint density at radius 3 is 1.96 bits per heavy atom. The van der Waals surface area contributed by atoms with Crippen LogP contribution in [-0.2, 0) is 36.8 Å². The van der Waals surface area contributed by atoms with E-state index in [1.165, 1.54) is 12.1 Å². The number of carbonyl (C=O) groups is 1. The van der Waals surface area contributed by atoms with E-state index >= 15 is 0 Å². The molecule has 1 aromatic carbocycles. The normalized spacial score (nSPS) is 18.5. The first-order valence-electron chi connectivity index (χ1n) is 6.17. The summed E-state index contributed by atoms with van der Waals surface area (Å²) in [5, 5.41) is 0. The molecule has 2 N–H and O–H groups in total. The van der Waals surface area contributed by atoms with Crippen LogP contribution in [0.4, 0.5) is 0 Å². The molecule has 10 nitrogen and oxygen atoms in total. The number of ether oxygens (including phenoxy) is 1. The Balaban J connectivity index is 2.30. The minimum Gasteiger partial charge on any atom is -0.462 e. The smallest absolute Gasteiger partial charge is 0.446 e. The van der Waals surface area contributed by atoms with Gasteiger partial charge in [0.15, 0.2) is 0 Å². The molecular weight excluding hydrogens is 356 g/mol. The van der Waals surface area contributed by atoms with Crippen molar-refractivity contribution >= 4 is 26.8 Å². The third-order valence-corrected chi connectivity index (χ3v) is 3.58. The molecule has 128 valence electrons. The van der Waals surface area contributed by atoms with Crippen molar-refractivity contribution in [2.45, 2.75) is 25.4 Å². The van der Waals surface area contributed by atoms with Gasteiger partial charge in [-0.2, -0.15) is 16.8 Å². The lowest BCUT2D eigenvalue weighted by molar-refractivity contribution is -0.141. The fraction of sp³-hybridized carbons (Fsp3) is 0.364.